The summed E-state index contributed by atoms with van der Waals surface area (Å²) in [6, 6.07) is -0.943. The lowest BCUT2D eigenvalue weighted by Crippen LogP contribution is -2.61. The number of aliphatic hydroxyl groups is 4. The van der Waals surface area contributed by atoms with Gasteiger partial charge in [-0.2, -0.15) is 8.42 Å². The number of rotatable bonds is 51. The first-order valence-corrected chi connectivity index (χ1v) is 30.6. The third kappa shape index (κ3) is 39.1. The van der Waals surface area contributed by atoms with Gasteiger partial charge < -0.3 is 35.2 Å². The molecule has 0 radical (unpaired) electrons. The van der Waals surface area contributed by atoms with E-state index in [4.69, 9.17) is 9.47 Å². The zero-order valence-electron chi connectivity index (χ0n) is 44.9. The van der Waals surface area contributed by atoms with Crippen LogP contribution in [0.5, 0.6) is 0 Å². The molecule has 1 aliphatic heterocycles. The van der Waals surface area contributed by atoms with Crippen LogP contribution in [0, 0.1) is 0 Å². The van der Waals surface area contributed by atoms with Crippen molar-refractivity contribution in [2.45, 2.75) is 320 Å². The van der Waals surface area contributed by atoms with E-state index in [0.29, 0.717) is 6.42 Å². The molecule has 1 saturated heterocycles. The van der Waals surface area contributed by atoms with Crippen molar-refractivity contribution < 1.29 is 51.8 Å². The molecule has 13 heteroatoms. The van der Waals surface area contributed by atoms with Crippen LogP contribution in [0.3, 0.4) is 0 Å². The molecule has 12 nitrogen and oxygen atoms in total. The van der Waals surface area contributed by atoms with Gasteiger partial charge in [-0.1, -0.05) is 250 Å². The highest BCUT2D eigenvalue weighted by Gasteiger charge is 2.48. The number of nitrogens with one attached hydrogen (secondary N) is 1. The number of allylic oxidation sites excluding steroid dienone is 3. The van der Waals surface area contributed by atoms with Crippen molar-refractivity contribution in [3.8, 4) is 0 Å². The van der Waals surface area contributed by atoms with Gasteiger partial charge in [0.1, 0.15) is 24.4 Å². The molecule has 7 atom stereocenters. The molecule has 7 unspecified atom stereocenters. The van der Waals surface area contributed by atoms with E-state index in [0.717, 1.165) is 38.5 Å². The first-order chi connectivity index (χ1) is 34.0. The minimum absolute atomic E-state index is 0.260. The molecule has 70 heavy (non-hydrogen) atoms. The molecular weight excluding hydrogens is 907 g/mol. The molecule has 0 aromatic carbocycles. The maximum atomic E-state index is 13.1. The lowest BCUT2D eigenvalue weighted by atomic mass is 9.99. The van der Waals surface area contributed by atoms with Gasteiger partial charge in [0.15, 0.2) is 6.29 Å². The Morgan fingerprint density at radius 3 is 1.29 bits per heavy atom. The van der Waals surface area contributed by atoms with Crippen LogP contribution >= 0.6 is 0 Å². The average Bonchev–Trinajstić information content (AvgIpc) is 3.33. The molecule has 0 spiro atoms. The minimum atomic E-state index is -5.09. The van der Waals surface area contributed by atoms with Gasteiger partial charge in [0.25, 0.3) is 0 Å². The van der Waals surface area contributed by atoms with Crippen LogP contribution in [-0.4, -0.2) is 95.4 Å². The molecular formula is C57H109NO11S. The summed E-state index contributed by atoms with van der Waals surface area (Å²) in [7, 11) is -5.09. The largest absolute Gasteiger partial charge is 0.397 e. The fourth-order valence-electron chi connectivity index (χ4n) is 9.45. The van der Waals surface area contributed by atoms with Crippen molar-refractivity contribution in [3.05, 3.63) is 24.3 Å². The standard InChI is InChI=1S/C57H109NO11S/c1-3-5-7-9-11-13-15-17-19-21-22-23-24-25-26-27-28-29-30-31-33-35-37-39-41-43-45-47-53(61)58-50(49-67-57-55(63)56(69-70(64,65)66)54(62)52(48-59)68-57)51(60)46-44-42-40-38-36-34-32-20-18-16-14-12-10-8-6-4-2/h25-26,44,46,50-52,54-57,59-60,62-63H,3-24,27-43,45,47-49H2,1-2H3,(H,58,61)(H,64,65,66)/b26-25-,46-44+. The summed E-state index contributed by atoms with van der Waals surface area (Å²) >= 11 is 0. The lowest BCUT2D eigenvalue weighted by molar-refractivity contribution is -0.298. The van der Waals surface area contributed by atoms with Crippen LogP contribution in [-0.2, 0) is 28.9 Å². The van der Waals surface area contributed by atoms with E-state index >= 15 is 0 Å². The molecule has 0 aromatic rings. The van der Waals surface area contributed by atoms with Crippen molar-refractivity contribution in [2.24, 2.45) is 0 Å². The van der Waals surface area contributed by atoms with E-state index < -0.39 is 59.9 Å². The van der Waals surface area contributed by atoms with E-state index in [2.05, 4.69) is 35.5 Å². The van der Waals surface area contributed by atoms with Gasteiger partial charge >= 0.3 is 10.4 Å². The first kappa shape index (κ1) is 66.6. The van der Waals surface area contributed by atoms with Crippen LogP contribution in [0.25, 0.3) is 0 Å². The van der Waals surface area contributed by atoms with Crippen LogP contribution in [0.2, 0.25) is 0 Å². The Bertz CT molecular complexity index is 1330. The van der Waals surface area contributed by atoms with Crippen molar-refractivity contribution in [1.82, 2.24) is 5.32 Å². The van der Waals surface area contributed by atoms with Crippen LogP contribution in [0.15, 0.2) is 24.3 Å². The second kappa shape index (κ2) is 47.3. The molecule has 1 amide bonds. The van der Waals surface area contributed by atoms with Crippen LogP contribution in [0.4, 0.5) is 0 Å². The van der Waals surface area contributed by atoms with Crippen LogP contribution in [0.1, 0.15) is 277 Å². The third-order valence-electron chi connectivity index (χ3n) is 14.0. The molecule has 6 N–H and O–H groups in total. The first-order valence-electron chi connectivity index (χ1n) is 29.2. The summed E-state index contributed by atoms with van der Waals surface area (Å²) < 4.78 is 47.8. The van der Waals surface area contributed by atoms with Crippen molar-refractivity contribution in [2.75, 3.05) is 13.2 Å². The van der Waals surface area contributed by atoms with E-state index in [1.165, 1.54) is 212 Å². The van der Waals surface area contributed by atoms with E-state index in [1.54, 1.807) is 6.08 Å². The molecule has 1 rings (SSSR count). The van der Waals surface area contributed by atoms with E-state index in [9.17, 15) is 38.2 Å². The molecule has 1 heterocycles. The summed E-state index contributed by atoms with van der Waals surface area (Å²) in [5.41, 5.74) is 0. The monoisotopic (exact) mass is 1020 g/mol. The van der Waals surface area contributed by atoms with Crippen LogP contribution < -0.4 is 5.32 Å². The molecule has 0 saturated carbocycles. The second-order valence-corrected chi connectivity index (χ2v) is 21.6. The Labute approximate surface area is 429 Å². The Hall–Kier alpha value is -1.42. The maximum absolute atomic E-state index is 13.1. The number of amides is 1. The molecule has 0 bridgehead atoms. The summed E-state index contributed by atoms with van der Waals surface area (Å²) in [6.07, 6.45) is 49.4. The van der Waals surface area contributed by atoms with Crippen molar-refractivity contribution in [1.29, 1.82) is 0 Å². The molecule has 414 valence electrons. The number of hydrogen-bond donors (Lipinski definition) is 6. The molecule has 1 aliphatic rings. The number of unbranched alkanes of at least 4 members (excludes halogenated alkanes) is 37. The van der Waals surface area contributed by atoms with Gasteiger partial charge in [0, 0.05) is 6.42 Å². The Balaban J connectivity index is 2.33. The molecule has 0 aromatic heterocycles. The quantitative estimate of drug-likeness (QED) is 0.0193. The van der Waals surface area contributed by atoms with Gasteiger partial charge in [0.2, 0.25) is 5.91 Å². The van der Waals surface area contributed by atoms with E-state index in [-0.39, 0.29) is 18.9 Å². The SMILES string of the molecule is CCCCCCCCCCCCCC/C=C\CCCCCCCCCCCCCC(=O)NC(COC1OC(CO)C(O)C(OS(=O)(=O)O)C1O)C(O)/C=C/CCCCCCCCCCCCCCCC. The highest BCUT2D eigenvalue weighted by atomic mass is 32.3. The highest BCUT2D eigenvalue weighted by molar-refractivity contribution is 7.80. The Morgan fingerprint density at radius 2 is 0.914 bits per heavy atom. The Kier molecular flexibility index (Phi) is 45.0. The smallest absolute Gasteiger partial charge is 0.394 e. The predicted octanol–water partition coefficient (Wildman–Crippen LogP) is 13.6. The number of carbonyl (C=O) groups excluding carboxylic acids is 1. The fourth-order valence-corrected chi connectivity index (χ4v) is 9.96. The highest BCUT2D eigenvalue weighted by Crippen LogP contribution is 2.26. The molecule has 1 fully saturated rings. The normalized spacial score (nSPS) is 19.7. The summed E-state index contributed by atoms with van der Waals surface area (Å²) in [4.78, 5) is 13.1. The third-order valence-corrected chi connectivity index (χ3v) is 14.4. The minimum Gasteiger partial charge on any atom is -0.394 e. The average molecular weight is 1020 g/mol. The summed E-state index contributed by atoms with van der Waals surface area (Å²) in [5, 5.41) is 44.9. The summed E-state index contributed by atoms with van der Waals surface area (Å²) in [6.45, 7) is 3.43. The number of hydrogen-bond acceptors (Lipinski definition) is 10. The Morgan fingerprint density at radius 1 is 0.557 bits per heavy atom. The van der Waals surface area contributed by atoms with Gasteiger partial charge in [-0.3, -0.25) is 9.35 Å². The maximum Gasteiger partial charge on any atom is 0.397 e. The molecule has 0 aliphatic carbocycles. The number of carbonyl (C=O) groups is 1. The number of aliphatic hydroxyl groups excluding tert-OH is 4. The van der Waals surface area contributed by atoms with Crippen molar-refractivity contribution in [3.63, 3.8) is 0 Å². The van der Waals surface area contributed by atoms with Gasteiger partial charge in [-0.25, -0.2) is 4.18 Å². The number of ether oxygens (including phenoxy) is 2. The predicted molar refractivity (Wildman–Crippen MR) is 287 cm³/mol. The lowest BCUT2D eigenvalue weighted by Gasteiger charge is -2.41. The topological polar surface area (TPSA) is 192 Å². The van der Waals surface area contributed by atoms with Crippen molar-refractivity contribution >= 4 is 16.3 Å². The van der Waals surface area contributed by atoms with Gasteiger partial charge in [0.05, 0.1) is 25.4 Å². The zero-order valence-corrected chi connectivity index (χ0v) is 45.7. The van der Waals surface area contributed by atoms with Gasteiger partial charge in [-0.05, 0) is 44.9 Å². The van der Waals surface area contributed by atoms with E-state index in [1.807, 2.05) is 6.08 Å². The van der Waals surface area contributed by atoms with Gasteiger partial charge in [-0.15, -0.1) is 0 Å². The second-order valence-electron chi connectivity index (χ2n) is 20.6. The zero-order chi connectivity index (χ0) is 51.2. The fraction of sp³-hybridized carbons (Fsp3) is 0.912. The summed E-state index contributed by atoms with van der Waals surface area (Å²) in [5.74, 6) is -0.260.